The van der Waals surface area contributed by atoms with Gasteiger partial charge in [-0.1, -0.05) is 0 Å². The normalized spacial score (nSPS) is 37.0. The molecule has 0 aromatic rings. The Balaban J connectivity index is 1.87. The summed E-state index contributed by atoms with van der Waals surface area (Å²) in [5.41, 5.74) is 0. The molecule has 3 heteroatoms. The third kappa shape index (κ3) is 2.92. The maximum absolute atomic E-state index is 5.78. The number of ether oxygens (including phenoxy) is 1. The van der Waals surface area contributed by atoms with Crippen LogP contribution in [-0.4, -0.2) is 61.3 Å². The van der Waals surface area contributed by atoms with Crippen molar-refractivity contribution in [3.05, 3.63) is 0 Å². The van der Waals surface area contributed by atoms with Crippen LogP contribution in [0.1, 0.15) is 26.7 Å². The van der Waals surface area contributed by atoms with Crippen molar-refractivity contribution in [3.8, 4) is 0 Å². The van der Waals surface area contributed by atoms with Gasteiger partial charge in [-0.05, 0) is 46.8 Å². The van der Waals surface area contributed by atoms with Crippen LogP contribution in [0.3, 0.4) is 0 Å². The van der Waals surface area contributed by atoms with Gasteiger partial charge in [-0.2, -0.15) is 0 Å². The molecule has 0 radical (unpaired) electrons. The summed E-state index contributed by atoms with van der Waals surface area (Å²) in [6, 6.07) is 0.801. The van der Waals surface area contributed by atoms with Crippen LogP contribution < -0.4 is 0 Å². The van der Waals surface area contributed by atoms with E-state index in [-0.39, 0.29) is 0 Å². The average Bonchev–Trinajstić information content (AvgIpc) is 2.17. The fourth-order valence-electron chi connectivity index (χ4n) is 2.88. The Labute approximate surface area is 93.4 Å². The van der Waals surface area contributed by atoms with Crippen LogP contribution in [-0.2, 0) is 4.74 Å². The molecule has 0 aliphatic carbocycles. The quantitative estimate of drug-likeness (QED) is 0.649. The number of rotatable bonds is 1. The molecule has 2 atom stereocenters. The Bertz CT molecular complexity index is 192. The molecule has 0 amide bonds. The van der Waals surface area contributed by atoms with Crippen molar-refractivity contribution in [1.29, 1.82) is 0 Å². The fourth-order valence-corrected chi connectivity index (χ4v) is 2.88. The molecule has 1 unspecified atom stereocenters. The smallest absolute Gasteiger partial charge is 0.0678 e. The molecule has 2 rings (SSSR count). The van der Waals surface area contributed by atoms with Gasteiger partial charge in [0.25, 0.3) is 0 Å². The van der Waals surface area contributed by atoms with Gasteiger partial charge in [0.1, 0.15) is 0 Å². The van der Waals surface area contributed by atoms with Crippen LogP contribution >= 0.6 is 0 Å². The van der Waals surface area contributed by atoms with E-state index in [1.54, 1.807) is 0 Å². The average molecular weight is 212 g/mol. The molecular weight excluding hydrogens is 188 g/mol. The molecule has 0 aromatic carbocycles. The van der Waals surface area contributed by atoms with Gasteiger partial charge in [0.15, 0.2) is 0 Å². The van der Waals surface area contributed by atoms with E-state index in [0.717, 1.165) is 19.1 Å². The zero-order valence-electron chi connectivity index (χ0n) is 10.3. The second-order valence-corrected chi connectivity index (χ2v) is 5.25. The molecule has 2 aliphatic rings. The van der Waals surface area contributed by atoms with E-state index in [4.69, 9.17) is 4.74 Å². The van der Waals surface area contributed by atoms with E-state index in [9.17, 15) is 0 Å². The lowest BCUT2D eigenvalue weighted by Gasteiger charge is -2.43. The highest BCUT2D eigenvalue weighted by Gasteiger charge is 2.29. The summed E-state index contributed by atoms with van der Waals surface area (Å²) < 4.78 is 5.78. The standard InChI is InChI=1S/C12H24N2O/c1-10-8-14(9-11(2)15-10)12-4-6-13(3)7-5-12/h10-12H,4-9H2,1-3H3/t10-,11?/m0/s1. The predicted octanol–water partition coefficient (Wildman–Crippen LogP) is 1.19. The highest BCUT2D eigenvalue weighted by molar-refractivity contribution is 4.83. The van der Waals surface area contributed by atoms with Gasteiger partial charge < -0.3 is 9.64 Å². The molecule has 0 bridgehead atoms. The summed E-state index contributed by atoms with van der Waals surface area (Å²) in [6.07, 6.45) is 3.48. The van der Waals surface area contributed by atoms with E-state index >= 15 is 0 Å². The molecule has 0 spiro atoms. The van der Waals surface area contributed by atoms with Gasteiger partial charge in [-0.3, -0.25) is 4.90 Å². The van der Waals surface area contributed by atoms with Crippen molar-refractivity contribution < 1.29 is 4.74 Å². The summed E-state index contributed by atoms with van der Waals surface area (Å²) in [5, 5.41) is 0. The molecule has 2 aliphatic heterocycles. The summed E-state index contributed by atoms with van der Waals surface area (Å²) in [4.78, 5) is 5.08. The number of likely N-dealkylation sites (tertiary alicyclic amines) is 1. The van der Waals surface area contributed by atoms with Crippen molar-refractivity contribution in [3.63, 3.8) is 0 Å². The van der Waals surface area contributed by atoms with E-state index in [0.29, 0.717) is 12.2 Å². The Morgan fingerprint density at radius 1 is 1.00 bits per heavy atom. The molecule has 2 heterocycles. The third-order valence-electron chi connectivity index (χ3n) is 3.65. The number of piperidine rings is 1. The van der Waals surface area contributed by atoms with Gasteiger partial charge >= 0.3 is 0 Å². The minimum Gasteiger partial charge on any atom is -0.373 e. The first kappa shape index (κ1) is 11.4. The zero-order chi connectivity index (χ0) is 10.8. The number of hydrogen-bond donors (Lipinski definition) is 0. The van der Waals surface area contributed by atoms with Crippen LogP contribution in [0.15, 0.2) is 0 Å². The van der Waals surface area contributed by atoms with Crippen LogP contribution in [0.4, 0.5) is 0 Å². The molecule has 0 saturated carbocycles. The molecule has 2 fully saturated rings. The summed E-state index contributed by atoms with van der Waals surface area (Å²) in [7, 11) is 2.22. The summed E-state index contributed by atoms with van der Waals surface area (Å²) in [5.74, 6) is 0. The molecule has 0 aromatic heterocycles. The maximum atomic E-state index is 5.78. The topological polar surface area (TPSA) is 15.7 Å². The van der Waals surface area contributed by atoms with Gasteiger partial charge in [0, 0.05) is 19.1 Å². The number of hydrogen-bond acceptors (Lipinski definition) is 3. The largest absolute Gasteiger partial charge is 0.373 e. The number of nitrogens with zero attached hydrogens (tertiary/aromatic N) is 2. The first-order chi connectivity index (χ1) is 7.15. The maximum Gasteiger partial charge on any atom is 0.0678 e. The second kappa shape index (κ2) is 4.81. The molecule has 15 heavy (non-hydrogen) atoms. The second-order valence-electron chi connectivity index (χ2n) is 5.25. The summed E-state index contributed by atoms with van der Waals surface area (Å²) >= 11 is 0. The lowest BCUT2D eigenvalue weighted by Crippen LogP contribution is -2.52. The lowest BCUT2D eigenvalue weighted by atomic mass is 10.0. The van der Waals surface area contributed by atoms with E-state index in [1.807, 2.05) is 0 Å². The van der Waals surface area contributed by atoms with Crippen LogP contribution in [0.2, 0.25) is 0 Å². The number of morpholine rings is 1. The van der Waals surface area contributed by atoms with Crippen LogP contribution in [0.5, 0.6) is 0 Å². The van der Waals surface area contributed by atoms with Crippen molar-refractivity contribution in [2.24, 2.45) is 0 Å². The first-order valence-corrected chi connectivity index (χ1v) is 6.23. The van der Waals surface area contributed by atoms with Gasteiger partial charge in [0.05, 0.1) is 12.2 Å². The van der Waals surface area contributed by atoms with E-state index < -0.39 is 0 Å². The monoisotopic (exact) mass is 212 g/mol. The van der Waals surface area contributed by atoms with E-state index in [2.05, 4.69) is 30.7 Å². The third-order valence-corrected chi connectivity index (χ3v) is 3.65. The van der Waals surface area contributed by atoms with Gasteiger partial charge in [-0.15, -0.1) is 0 Å². The molecule has 3 nitrogen and oxygen atoms in total. The minimum atomic E-state index is 0.411. The molecule has 88 valence electrons. The zero-order valence-corrected chi connectivity index (χ0v) is 10.3. The Hall–Kier alpha value is -0.120. The van der Waals surface area contributed by atoms with Crippen LogP contribution in [0.25, 0.3) is 0 Å². The van der Waals surface area contributed by atoms with Crippen molar-refractivity contribution in [2.45, 2.75) is 44.9 Å². The van der Waals surface area contributed by atoms with Gasteiger partial charge in [-0.25, -0.2) is 0 Å². The van der Waals surface area contributed by atoms with Gasteiger partial charge in [0.2, 0.25) is 0 Å². The van der Waals surface area contributed by atoms with Crippen molar-refractivity contribution in [1.82, 2.24) is 9.80 Å². The van der Waals surface area contributed by atoms with Crippen LogP contribution in [0, 0.1) is 0 Å². The lowest BCUT2D eigenvalue weighted by molar-refractivity contribution is -0.0858. The SMILES string of the molecule is CC1CN(C2CCN(C)CC2)C[C@H](C)O1. The summed E-state index contributed by atoms with van der Waals surface area (Å²) in [6.45, 7) is 9.14. The molecule has 2 saturated heterocycles. The Morgan fingerprint density at radius 2 is 1.53 bits per heavy atom. The highest BCUT2D eigenvalue weighted by Crippen LogP contribution is 2.20. The Morgan fingerprint density at radius 3 is 2.07 bits per heavy atom. The first-order valence-electron chi connectivity index (χ1n) is 6.23. The minimum absolute atomic E-state index is 0.411. The predicted molar refractivity (Wildman–Crippen MR) is 62.1 cm³/mol. The van der Waals surface area contributed by atoms with Crippen molar-refractivity contribution in [2.75, 3.05) is 33.2 Å². The van der Waals surface area contributed by atoms with E-state index in [1.165, 1.54) is 25.9 Å². The molecule has 0 N–H and O–H groups in total. The van der Waals surface area contributed by atoms with Crippen molar-refractivity contribution >= 4 is 0 Å². The molecular formula is C12H24N2O. The fraction of sp³-hybridized carbons (Fsp3) is 1.00. The highest BCUT2D eigenvalue weighted by atomic mass is 16.5. The Kier molecular flexibility index (Phi) is 3.65.